The van der Waals surface area contributed by atoms with Crippen molar-refractivity contribution >= 4 is 27.5 Å². The average molecular weight is 339 g/mol. The number of anilines is 1. The number of hydrogen-bond donors (Lipinski definition) is 1. The fourth-order valence-corrected chi connectivity index (χ4v) is 3.08. The fourth-order valence-electron chi connectivity index (χ4n) is 2.11. The number of hydrogen-bond acceptors (Lipinski definition) is 4. The molecule has 120 valence electrons. The van der Waals surface area contributed by atoms with Crippen LogP contribution >= 0.6 is 0 Å². The summed E-state index contributed by atoms with van der Waals surface area (Å²) in [6, 6.07) is 3.03. The molecule has 0 fully saturated rings. The van der Waals surface area contributed by atoms with Crippen LogP contribution in [0.1, 0.15) is 0 Å². The van der Waals surface area contributed by atoms with Crippen molar-refractivity contribution in [2.75, 3.05) is 17.6 Å². The first-order chi connectivity index (χ1) is 10.8. The Morgan fingerprint density at radius 3 is 2.74 bits per heavy atom. The van der Waals surface area contributed by atoms with E-state index in [1.54, 1.807) is 4.90 Å². The van der Waals surface area contributed by atoms with Gasteiger partial charge in [0.25, 0.3) is 15.9 Å². The van der Waals surface area contributed by atoms with Crippen LogP contribution in [0.5, 0.6) is 0 Å². The van der Waals surface area contributed by atoms with Gasteiger partial charge in [0.15, 0.2) is 11.6 Å². The molecule has 0 atom stereocenters. The lowest BCUT2D eigenvalue weighted by molar-refractivity contribution is -0.112. The highest BCUT2D eigenvalue weighted by Crippen LogP contribution is 2.18. The number of sulfonamides is 1. The van der Waals surface area contributed by atoms with E-state index in [9.17, 15) is 22.0 Å². The van der Waals surface area contributed by atoms with Gasteiger partial charge in [0.1, 0.15) is 5.84 Å². The van der Waals surface area contributed by atoms with E-state index in [0.717, 1.165) is 12.1 Å². The zero-order chi connectivity index (χ0) is 16.6. The van der Waals surface area contributed by atoms with E-state index in [0.29, 0.717) is 0 Å². The van der Waals surface area contributed by atoms with Gasteiger partial charge < -0.3 is 10.2 Å². The summed E-state index contributed by atoms with van der Waals surface area (Å²) in [5, 5.41) is 2.44. The molecule has 2 aliphatic rings. The van der Waals surface area contributed by atoms with E-state index in [4.69, 9.17) is 0 Å². The highest BCUT2D eigenvalue weighted by Gasteiger charge is 2.25. The maximum atomic E-state index is 13.1. The Balaban J connectivity index is 1.78. The van der Waals surface area contributed by atoms with E-state index >= 15 is 0 Å². The number of amidine groups is 1. The molecule has 3 rings (SSSR count). The van der Waals surface area contributed by atoms with Gasteiger partial charge in [-0.1, -0.05) is 0 Å². The van der Waals surface area contributed by atoms with Gasteiger partial charge in [-0.15, -0.1) is 4.40 Å². The van der Waals surface area contributed by atoms with Crippen LogP contribution in [0.3, 0.4) is 0 Å². The number of rotatable bonds is 2. The van der Waals surface area contributed by atoms with Crippen molar-refractivity contribution in [1.82, 2.24) is 4.90 Å². The number of nitrogens with one attached hydrogen (secondary N) is 1. The third-order valence-electron chi connectivity index (χ3n) is 3.26. The van der Waals surface area contributed by atoms with Crippen LogP contribution in [-0.4, -0.2) is 37.4 Å². The molecule has 0 aliphatic carbocycles. The van der Waals surface area contributed by atoms with Crippen molar-refractivity contribution in [1.29, 1.82) is 0 Å². The topological polar surface area (TPSA) is 78.8 Å². The Hall–Kier alpha value is -2.55. The van der Waals surface area contributed by atoms with Gasteiger partial charge in [0.2, 0.25) is 0 Å². The van der Waals surface area contributed by atoms with Gasteiger partial charge in [0, 0.05) is 24.5 Å². The van der Waals surface area contributed by atoms with Gasteiger partial charge in [0.05, 0.1) is 11.3 Å². The molecule has 6 nitrogen and oxygen atoms in total. The molecule has 1 aromatic carbocycles. The second kappa shape index (κ2) is 5.58. The normalized spacial score (nSPS) is 18.8. The van der Waals surface area contributed by atoms with Gasteiger partial charge in [-0.2, -0.15) is 0 Å². The van der Waals surface area contributed by atoms with Crippen LogP contribution in [0.2, 0.25) is 0 Å². The van der Waals surface area contributed by atoms with Gasteiger partial charge in [-0.25, -0.2) is 17.2 Å². The number of nitrogens with zero attached hydrogens (tertiary/aromatic N) is 2. The smallest absolute Gasteiger partial charge is 0.257 e. The Bertz CT molecular complexity index is 875. The van der Waals surface area contributed by atoms with Crippen molar-refractivity contribution in [2.45, 2.75) is 0 Å². The van der Waals surface area contributed by atoms with E-state index in [1.165, 1.54) is 24.4 Å². The summed E-state index contributed by atoms with van der Waals surface area (Å²) in [6.07, 6.45) is 4.28. The Kier molecular flexibility index (Phi) is 3.72. The molecule has 0 spiro atoms. The third-order valence-corrected chi connectivity index (χ3v) is 4.43. The third kappa shape index (κ3) is 3.29. The molecule has 2 aliphatic heterocycles. The van der Waals surface area contributed by atoms with E-state index in [-0.39, 0.29) is 29.4 Å². The minimum Gasteiger partial charge on any atom is -0.330 e. The molecule has 23 heavy (non-hydrogen) atoms. The van der Waals surface area contributed by atoms with Gasteiger partial charge >= 0.3 is 0 Å². The number of amides is 1. The Morgan fingerprint density at radius 1 is 1.22 bits per heavy atom. The molecule has 2 heterocycles. The first kappa shape index (κ1) is 15.3. The zero-order valence-corrected chi connectivity index (χ0v) is 12.5. The van der Waals surface area contributed by atoms with Crippen LogP contribution in [-0.2, 0) is 14.8 Å². The minimum absolute atomic E-state index is 0.115. The molecule has 0 saturated carbocycles. The minimum atomic E-state index is -3.46. The fraction of sp³-hybridized carbons (Fsp3) is 0.143. The summed E-state index contributed by atoms with van der Waals surface area (Å²) >= 11 is 0. The first-order valence-corrected chi connectivity index (χ1v) is 8.20. The quantitative estimate of drug-likeness (QED) is 0.883. The summed E-state index contributed by atoms with van der Waals surface area (Å²) in [7, 11) is -3.46. The number of halogens is 2. The van der Waals surface area contributed by atoms with Crippen LogP contribution < -0.4 is 5.32 Å². The summed E-state index contributed by atoms with van der Waals surface area (Å²) in [5.41, 5.74) is 0.358. The maximum absolute atomic E-state index is 13.1. The standard InChI is InChI=1S/C14H11F2N3O3S/c15-11-3-2-10(7-12(11)16)17-14(20)9-1-4-13-18-23(21,22)6-5-19(13)8-9/h1-4,7-8H,5-6H2,(H,17,20). The summed E-state index contributed by atoms with van der Waals surface area (Å²) < 4.78 is 52.4. The molecular formula is C14H11F2N3O3S. The highest BCUT2D eigenvalue weighted by molar-refractivity contribution is 7.90. The van der Waals surface area contributed by atoms with E-state index < -0.39 is 27.6 Å². The van der Waals surface area contributed by atoms with Crippen LogP contribution in [0.25, 0.3) is 0 Å². The molecule has 0 saturated heterocycles. The summed E-state index contributed by atoms with van der Waals surface area (Å²) in [6.45, 7) is 0.188. The number of benzene rings is 1. The highest BCUT2D eigenvalue weighted by atomic mass is 32.2. The largest absolute Gasteiger partial charge is 0.330 e. The summed E-state index contributed by atoms with van der Waals surface area (Å²) in [5.74, 6) is -2.50. The SMILES string of the molecule is O=C(Nc1ccc(F)c(F)c1)C1=CN2CCS(=O)(=O)N=C2C=C1. The molecule has 9 heteroatoms. The van der Waals surface area contributed by atoms with E-state index in [2.05, 4.69) is 9.71 Å². The monoisotopic (exact) mass is 339 g/mol. The van der Waals surface area contributed by atoms with Gasteiger partial charge in [-0.05, 0) is 24.3 Å². The van der Waals surface area contributed by atoms with Crippen molar-refractivity contribution in [3.63, 3.8) is 0 Å². The molecule has 1 aromatic rings. The van der Waals surface area contributed by atoms with E-state index in [1.807, 2.05) is 0 Å². The molecule has 0 radical (unpaired) electrons. The van der Waals surface area contributed by atoms with Gasteiger partial charge in [-0.3, -0.25) is 4.79 Å². The Morgan fingerprint density at radius 2 is 2.00 bits per heavy atom. The predicted octanol–water partition coefficient (Wildman–Crippen LogP) is 1.40. The lowest BCUT2D eigenvalue weighted by Gasteiger charge is -2.26. The molecule has 0 bridgehead atoms. The molecule has 1 amide bonds. The molecule has 1 N–H and O–H groups in total. The van der Waals surface area contributed by atoms with Crippen LogP contribution in [0.4, 0.5) is 14.5 Å². The lowest BCUT2D eigenvalue weighted by atomic mass is 10.1. The second-order valence-electron chi connectivity index (χ2n) is 4.93. The average Bonchev–Trinajstić information content (AvgIpc) is 2.49. The molecular weight excluding hydrogens is 328 g/mol. The van der Waals surface area contributed by atoms with Crippen molar-refractivity contribution in [3.05, 3.63) is 53.8 Å². The zero-order valence-electron chi connectivity index (χ0n) is 11.7. The summed E-state index contributed by atoms with van der Waals surface area (Å²) in [4.78, 5) is 13.7. The number of carbonyl (C=O) groups is 1. The lowest BCUT2D eigenvalue weighted by Crippen LogP contribution is -2.37. The Labute approximate surface area is 130 Å². The molecule has 0 aromatic heterocycles. The first-order valence-electron chi connectivity index (χ1n) is 6.60. The second-order valence-corrected chi connectivity index (χ2v) is 6.68. The maximum Gasteiger partial charge on any atom is 0.257 e. The van der Waals surface area contributed by atoms with Crippen molar-refractivity contribution in [2.24, 2.45) is 4.40 Å². The van der Waals surface area contributed by atoms with Crippen LogP contribution in [0, 0.1) is 11.6 Å². The molecule has 0 unspecified atom stereocenters. The number of fused-ring (bicyclic) bond motifs is 1. The predicted molar refractivity (Wildman–Crippen MR) is 80.1 cm³/mol. The van der Waals surface area contributed by atoms with Crippen LogP contribution in [0.15, 0.2) is 46.5 Å². The number of carbonyl (C=O) groups excluding carboxylic acids is 1. The van der Waals surface area contributed by atoms with Crippen molar-refractivity contribution in [3.8, 4) is 0 Å². The van der Waals surface area contributed by atoms with Crippen molar-refractivity contribution < 1.29 is 22.0 Å².